The number of thiocarbonyl (C=S) groups is 1. The van der Waals surface area contributed by atoms with Crippen molar-refractivity contribution in [1.29, 1.82) is 0 Å². The molecule has 2 heterocycles. The van der Waals surface area contributed by atoms with Gasteiger partial charge in [0, 0.05) is 28.8 Å². The Bertz CT molecular complexity index is 1240. The summed E-state index contributed by atoms with van der Waals surface area (Å²) < 4.78 is 6.27. The molecule has 3 aromatic rings. The van der Waals surface area contributed by atoms with E-state index in [9.17, 15) is 14.9 Å². The number of halogens is 1. The number of nitro groups is 1. The summed E-state index contributed by atoms with van der Waals surface area (Å²) in [5.41, 5.74) is 2.09. The van der Waals surface area contributed by atoms with E-state index in [1.807, 2.05) is 0 Å². The van der Waals surface area contributed by atoms with Crippen LogP contribution in [0.5, 0.6) is 0 Å². The zero-order valence-corrected chi connectivity index (χ0v) is 17.9. The van der Waals surface area contributed by atoms with Crippen LogP contribution < -0.4 is 4.90 Å². The molecule has 1 amide bonds. The van der Waals surface area contributed by atoms with Gasteiger partial charge in [0.2, 0.25) is 0 Å². The van der Waals surface area contributed by atoms with Crippen molar-refractivity contribution in [1.82, 2.24) is 0 Å². The summed E-state index contributed by atoms with van der Waals surface area (Å²) in [6, 6.07) is 15.0. The fraction of sp³-hybridized carbons (Fsp3) is 0.0476. The lowest BCUT2D eigenvalue weighted by Crippen LogP contribution is -2.27. The molecule has 0 aliphatic carbocycles. The second-order valence-corrected chi connectivity index (χ2v) is 8.57. The third kappa shape index (κ3) is 3.89. The fourth-order valence-electron chi connectivity index (χ4n) is 3.05. The molecule has 1 saturated heterocycles. The smallest absolute Gasteiger partial charge is 0.270 e. The van der Waals surface area contributed by atoms with Crippen molar-refractivity contribution in [3.63, 3.8) is 0 Å². The number of hydrogen-bond donors (Lipinski definition) is 0. The Balaban J connectivity index is 1.61. The van der Waals surface area contributed by atoms with E-state index >= 15 is 0 Å². The monoisotopic (exact) mass is 456 g/mol. The predicted molar refractivity (Wildman–Crippen MR) is 123 cm³/mol. The van der Waals surface area contributed by atoms with Gasteiger partial charge < -0.3 is 4.42 Å². The highest BCUT2D eigenvalue weighted by Crippen LogP contribution is 2.37. The summed E-state index contributed by atoms with van der Waals surface area (Å²) in [5.74, 6) is 0.782. The lowest BCUT2D eigenvalue weighted by molar-refractivity contribution is -0.384. The second kappa shape index (κ2) is 8.06. The van der Waals surface area contributed by atoms with E-state index < -0.39 is 4.92 Å². The van der Waals surface area contributed by atoms with Crippen LogP contribution in [0.2, 0.25) is 5.02 Å². The third-order valence-electron chi connectivity index (χ3n) is 4.45. The van der Waals surface area contributed by atoms with Gasteiger partial charge in [-0.25, -0.2) is 0 Å². The molecule has 1 aliphatic heterocycles. The van der Waals surface area contributed by atoms with E-state index in [0.29, 0.717) is 31.5 Å². The van der Waals surface area contributed by atoms with Gasteiger partial charge in [0.25, 0.3) is 11.6 Å². The molecule has 1 aliphatic rings. The van der Waals surface area contributed by atoms with Crippen molar-refractivity contribution in [3.8, 4) is 11.3 Å². The Morgan fingerprint density at radius 2 is 2.00 bits per heavy atom. The number of furan rings is 1. The number of aryl methyl sites for hydroxylation is 1. The molecule has 6 nitrogen and oxygen atoms in total. The maximum atomic E-state index is 12.9. The number of hydrogen-bond acceptors (Lipinski definition) is 6. The number of nitro benzene ring substituents is 1. The first-order valence-electron chi connectivity index (χ1n) is 8.72. The van der Waals surface area contributed by atoms with Crippen LogP contribution in [-0.4, -0.2) is 15.2 Å². The van der Waals surface area contributed by atoms with E-state index in [4.69, 9.17) is 28.2 Å². The van der Waals surface area contributed by atoms with Gasteiger partial charge in [0.05, 0.1) is 15.5 Å². The molecule has 0 radical (unpaired) electrons. The molecular formula is C21H13ClN2O4S2. The van der Waals surface area contributed by atoms with Gasteiger partial charge in [0.1, 0.15) is 11.5 Å². The van der Waals surface area contributed by atoms with Crippen LogP contribution in [0.15, 0.2) is 63.9 Å². The van der Waals surface area contributed by atoms with Gasteiger partial charge in [-0.2, -0.15) is 0 Å². The molecule has 9 heteroatoms. The molecule has 0 unspecified atom stereocenters. The summed E-state index contributed by atoms with van der Waals surface area (Å²) in [6.45, 7) is 1.78. The third-order valence-corrected chi connectivity index (χ3v) is 5.98. The molecule has 0 bridgehead atoms. The molecule has 150 valence electrons. The predicted octanol–water partition coefficient (Wildman–Crippen LogP) is 6.22. The highest BCUT2D eigenvalue weighted by molar-refractivity contribution is 8.27. The van der Waals surface area contributed by atoms with Gasteiger partial charge in [-0.05, 0) is 48.9 Å². The number of carbonyl (C=O) groups excluding carboxylic acids is 1. The summed E-state index contributed by atoms with van der Waals surface area (Å²) in [6.07, 6.45) is 1.63. The molecule has 0 N–H and O–H groups in total. The summed E-state index contributed by atoms with van der Waals surface area (Å²) in [4.78, 5) is 25.2. The van der Waals surface area contributed by atoms with Crippen LogP contribution in [0.4, 0.5) is 11.4 Å². The Morgan fingerprint density at radius 1 is 1.20 bits per heavy atom. The van der Waals surface area contributed by atoms with E-state index in [2.05, 4.69) is 0 Å². The van der Waals surface area contributed by atoms with Gasteiger partial charge in [-0.15, -0.1) is 0 Å². The minimum Gasteiger partial charge on any atom is -0.457 e. The van der Waals surface area contributed by atoms with E-state index in [-0.39, 0.29) is 11.6 Å². The SMILES string of the molecule is Cc1cc([N+](=O)[O-])ccc1-c1ccc(/C=C2/SC(=S)N(c3cccc(Cl)c3)C2=O)o1. The molecule has 1 aromatic heterocycles. The number of anilines is 1. The maximum Gasteiger partial charge on any atom is 0.270 e. The molecular weight excluding hydrogens is 444 g/mol. The molecule has 0 spiro atoms. The first kappa shape index (κ1) is 20.3. The van der Waals surface area contributed by atoms with Crippen LogP contribution in [0.1, 0.15) is 11.3 Å². The Morgan fingerprint density at radius 3 is 2.70 bits per heavy atom. The quantitative estimate of drug-likeness (QED) is 0.201. The zero-order chi connectivity index (χ0) is 21.4. The first-order valence-corrected chi connectivity index (χ1v) is 10.3. The lowest BCUT2D eigenvalue weighted by atomic mass is 10.1. The topological polar surface area (TPSA) is 76.6 Å². The van der Waals surface area contributed by atoms with E-state index in [1.54, 1.807) is 55.5 Å². The first-order chi connectivity index (χ1) is 14.3. The van der Waals surface area contributed by atoms with Crippen LogP contribution in [0, 0.1) is 17.0 Å². The number of amides is 1. The van der Waals surface area contributed by atoms with Gasteiger partial charge >= 0.3 is 0 Å². The highest BCUT2D eigenvalue weighted by Gasteiger charge is 2.33. The number of rotatable bonds is 4. The summed E-state index contributed by atoms with van der Waals surface area (Å²) in [5, 5.41) is 11.4. The highest BCUT2D eigenvalue weighted by atomic mass is 35.5. The lowest BCUT2D eigenvalue weighted by Gasteiger charge is -2.14. The van der Waals surface area contributed by atoms with E-state index in [1.165, 1.54) is 28.8 Å². The minimum atomic E-state index is -0.438. The van der Waals surface area contributed by atoms with E-state index in [0.717, 1.165) is 11.1 Å². The Labute approximate surface area is 186 Å². The minimum absolute atomic E-state index is 0.0210. The average molecular weight is 457 g/mol. The van der Waals surface area contributed by atoms with Crippen molar-refractivity contribution < 1.29 is 14.1 Å². The standard InChI is InChI=1S/C21H13ClN2O4S2/c1-12-9-15(24(26)27)5-7-17(12)18-8-6-16(28-18)11-19-20(25)23(21(29)30-19)14-4-2-3-13(22)10-14/h2-11H,1H3/b19-11+. The molecule has 2 aromatic carbocycles. The number of non-ortho nitro benzene ring substituents is 1. The fourth-order valence-corrected chi connectivity index (χ4v) is 4.51. The van der Waals surface area contributed by atoms with Crippen molar-refractivity contribution in [2.75, 3.05) is 4.90 Å². The van der Waals surface area contributed by atoms with Crippen molar-refractivity contribution in [2.45, 2.75) is 6.92 Å². The molecule has 30 heavy (non-hydrogen) atoms. The van der Waals surface area contributed by atoms with Crippen molar-refractivity contribution in [2.24, 2.45) is 0 Å². The number of nitrogens with zero attached hydrogens (tertiary/aromatic N) is 2. The molecule has 0 saturated carbocycles. The number of benzene rings is 2. The average Bonchev–Trinajstić information content (AvgIpc) is 3.26. The molecule has 0 atom stereocenters. The van der Waals surface area contributed by atoms with Crippen LogP contribution in [0.3, 0.4) is 0 Å². The molecule has 1 fully saturated rings. The van der Waals surface area contributed by atoms with Crippen molar-refractivity contribution in [3.05, 3.63) is 86.0 Å². The van der Waals surface area contributed by atoms with Crippen LogP contribution in [0.25, 0.3) is 17.4 Å². The Hall–Kier alpha value is -2.94. The normalized spacial score (nSPS) is 15.3. The van der Waals surface area contributed by atoms with Gasteiger partial charge in [-0.3, -0.25) is 19.8 Å². The van der Waals surface area contributed by atoms with Crippen molar-refractivity contribution >= 4 is 63.3 Å². The summed E-state index contributed by atoms with van der Waals surface area (Å²) in [7, 11) is 0. The molecule has 4 rings (SSSR count). The van der Waals surface area contributed by atoms with Crippen LogP contribution in [-0.2, 0) is 4.79 Å². The maximum absolute atomic E-state index is 12.9. The van der Waals surface area contributed by atoms with Gasteiger partial charge in [-0.1, -0.05) is 41.6 Å². The number of carbonyl (C=O) groups is 1. The zero-order valence-electron chi connectivity index (χ0n) is 15.5. The number of thioether (sulfide) groups is 1. The van der Waals surface area contributed by atoms with Crippen LogP contribution >= 0.6 is 35.6 Å². The largest absolute Gasteiger partial charge is 0.457 e. The Kier molecular flexibility index (Phi) is 5.46. The van der Waals surface area contributed by atoms with Gasteiger partial charge in [0.15, 0.2) is 4.32 Å². The summed E-state index contributed by atoms with van der Waals surface area (Å²) >= 11 is 12.6. The second-order valence-electron chi connectivity index (χ2n) is 6.46.